The summed E-state index contributed by atoms with van der Waals surface area (Å²) in [5, 5.41) is 0. The van der Waals surface area contributed by atoms with E-state index >= 15 is 0 Å². The van der Waals surface area contributed by atoms with Gasteiger partial charge in [-0.1, -0.05) is 6.07 Å². The molecule has 86 valence electrons. The Morgan fingerprint density at radius 2 is 2.18 bits per heavy atom. The lowest BCUT2D eigenvalue weighted by Gasteiger charge is -2.03. The van der Waals surface area contributed by atoms with Crippen molar-refractivity contribution >= 4 is 11.8 Å². The molecule has 5 heteroatoms. The van der Waals surface area contributed by atoms with Crippen molar-refractivity contribution in [3.63, 3.8) is 0 Å². The summed E-state index contributed by atoms with van der Waals surface area (Å²) in [5.41, 5.74) is 3.32. The Bertz CT molecular complexity index is 636. The van der Waals surface area contributed by atoms with Crippen molar-refractivity contribution in [2.75, 3.05) is 0 Å². The van der Waals surface area contributed by atoms with E-state index in [4.69, 9.17) is 0 Å². The number of fused-ring (bicyclic) bond motifs is 1. The van der Waals surface area contributed by atoms with Crippen molar-refractivity contribution < 1.29 is 0 Å². The predicted molar refractivity (Wildman–Crippen MR) is 67.8 cm³/mol. The summed E-state index contributed by atoms with van der Waals surface area (Å²) in [6, 6.07) is 5.70. The summed E-state index contributed by atoms with van der Waals surface area (Å²) in [6.07, 6.45) is 0. The van der Waals surface area contributed by atoms with E-state index in [0.717, 1.165) is 34.2 Å². The first-order valence-corrected chi connectivity index (χ1v) is 6.53. The lowest BCUT2D eigenvalue weighted by Crippen LogP contribution is -2.15. The lowest BCUT2D eigenvalue weighted by atomic mass is 10.2. The Labute approximate surface area is 103 Å². The molecule has 0 unspecified atom stereocenters. The summed E-state index contributed by atoms with van der Waals surface area (Å²) in [5.74, 6) is 2.15. The third kappa shape index (κ3) is 1.86. The molecule has 3 heterocycles. The maximum Gasteiger partial charge on any atom is 0.255 e. The zero-order valence-electron chi connectivity index (χ0n) is 9.36. The molecule has 0 aromatic carbocycles. The summed E-state index contributed by atoms with van der Waals surface area (Å²) in [7, 11) is 0. The van der Waals surface area contributed by atoms with E-state index in [0.29, 0.717) is 5.82 Å². The number of pyridine rings is 1. The summed E-state index contributed by atoms with van der Waals surface area (Å²) < 4.78 is 0. The van der Waals surface area contributed by atoms with Gasteiger partial charge in [0.05, 0.1) is 5.69 Å². The molecule has 0 fully saturated rings. The number of aromatic nitrogens is 3. The monoisotopic (exact) mass is 245 g/mol. The second kappa shape index (κ2) is 4.00. The minimum atomic E-state index is -0.0293. The average molecular weight is 245 g/mol. The molecule has 0 bridgehead atoms. The van der Waals surface area contributed by atoms with Gasteiger partial charge in [0.2, 0.25) is 0 Å². The third-order valence-corrected chi connectivity index (χ3v) is 3.69. The summed E-state index contributed by atoms with van der Waals surface area (Å²) in [6.45, 7) is 1.92. The van der Waals surface area contributed by atoms with E-state index in [1.165, 1.54) is 0 Å². The van der Waals surface area contributed by atoms with Crippen LogP contribution in [0.2, 0.25) is 0 Å². The van der Waals surface area contributed by atoms with E-state index in [1.54, 1.807) is 11.8 Å². The standard InChI is InChI=1S/C12H11N3OS/c1-7-3-2-4-9(13-7)11-14-10-6-17-5-8(10)12(16)15-11/h2-4H,5-6H2,1H3,(H,14,15,16). The van der Waals surface area contributed by atoms with Gasteiger partial charge in [-0.25, -0.2) is 9.97 Å². The van der Waals surface area contributed by atoms with E-state index in [-0.39, 0.29) is 5.56 Å². The molecule has 0 atom stereocenters. The first-order valence-electron chi connectivity index (χ1n) is 5.38. The van der Waals surface area contributed by atoms with Crippen LogP contribution in [0.15, 0.2) is 23.0 Å². The van der Waals surface area contributed by atoms with Gasteiger partial charge in [0.15, 0.2) is 5.82 Å². The SMILES string of the molecule is Cc1cccc(-c2nc3c(c(=O)[nH]2)CSC3)n1. The van der Waals surface area contributed by atoms with Crippen LogP contribution in [0.3, 0.4) is 0 Å². The number of hydrogen-bond acceptors (Lipinski definition) is 4. The van der Waals surface area contributed by atoms with Crippen molar-refractivity contribution in [1.82, 2.24) is 15.0 Å². The molecule has 1 aliphatic heterocycles. The van der Waals surface area contributed by atoms with Crippen LogP contribution < -0.4 is 5.56 Å². The zero-order chi connectivity index (χ0) is 11.8. The molecule has 4 nitrogen and oxygen atoms in total. The molecule has 0 aliphatic carbocycles. The molecule has 1 N–H and O–H groups in total. The van der Waals surface area contributed by atoms with Gasteiger partial charge in [0.1, 0.15) is 5.69 Å². The number of thioether (sulfide) groups is 1. The van der Waals surface area contributed by atoms with Crippen LogP contribution in [0.5, 0.6) is 0 Å². The number of aryl methyl sites for hydroxylation is 1. The van der Waals surface area contributed by atoms with Crippen molar-refractivity contribution in [1.29, 1.82) is 0 Å². The molecular weight excluding hydrogens is 234 g/mol. The molecule has 2 aromatic rings. The Hall–Kier alpha value is -1.62. The van der Waals surface area contributed by atoms with E-state index in [2.05, 4.69) is 15.0 Å². The Morgan fingerprint density at radius 1 is 1.29 bits per heavy atom. The van der Waals surface area contributed by atoms with Gasteiger partial charge >= 0.3 is 0 Å². The fraction of sp³-hybridized carbons (Fsp3) is 0.250. The molecule has 0 spiro atoms. The molecule has 2 aromatic heterocycles. The van der Waals surface area contributed by atoms with E-state index in [9.17, 15) is 4.79 Å². The highest BCUT2D eigenvalue weighted by molar-refractivity contribution is 7.98. The maximum absolute atomic E-state index is 11.9. The van der Waals surface area contributed by atoms with Crippen molar-refractivity contribution in [3.8, 4) is 11.5 Å². The largest absolute Gasteiger partial charge is 0.305 e. The molecule has 3 rings (SSSR count). The number of nitrogens with one attached hydrogen (secondary N) is 1. The van der Waals surface area contributed by atoms with Crippen LogP contribution in [0, 0.1) is 6.92 Å². The minimum Gasteiger partial charge on any atom is -0.305 e. The van der Waals surface area contributed by atoms with Crippen LogP contribution in [0.1, 0.15) is 17.0 Å². The van der Waals surface area contributed by atoms with Crippen molar-refractivity contribution in [3.05, 3.63) is 45.5 Å². The summed E-state index contributed by atoms with van der Waals surface area (Å²) in [4.78, 5) is 23.5. The predicted octanol–water partition coefficient (Wildman–Crippen LogP) is 1.89. The Kier molecular flexibility index (Phi) is 2.48. The number of rotatable bonds is 1. The maximum atomic E-state index is 11.9. The van der Waals surface area contributed by atoms with Crippen molar-refractivity contribution in [2.45, 2.75) is 18.4 Å². The molecule has 0 amide bonds. The van der Waals surface area contributed by atoms with Gasteiger partial charge in [-0.2, -0.15) is 11.8 Å². The average Bonchev–Trinajstić information content (AvgIpc) is 2.77. The smallest absolute Gasteiger partial charge is 0.255 e. The highest BCUT2D eigenvalue weighted by atomic mass is 32.2. The van der Waals surface area contributed by atoms with Gasteiger partial charge < -0.3 is 4.98 Å². The fourth-order valence-electron chi connectivity index (χ4n) is 1.86. The number of nitrogens with zero attached hydrogens (tertiary/aromatic N) is 2. The van der Waals surface area contributed by atoms with Crippen LogP contribution in [-0.2, 0) is 11.5 Å². The second-order valence-corrected chi connectivity index (χ2v) is 4.98. The minimum absolute atomic E-state index is 0.0293. The van der Waals surface area contributed by atoms with Gasteiger partial charge in [-0.05, 0) is 19.1 Å². The molecule has 0 saturated carbocycles. The molecule has 17 heavy (non-hydrogen) atoms. The number of hydrogen-bond donors (Lipinski definition) is 1. The van der Waals surface area contributed by atoms with Gasteiger partial charge in [0.25, 0.3) is 5.56 Å². The van der Waals surface area contributed by atoms with Crippen LogP contribution >= 0.6 is 11.8 Å². The third-order valence-electron chi connectivity index (χ3n) is 2.72. The van der Waals surface area contributed by atoms with Crippen LogP contribution in [-0.4, -0.2) is 15.0 Å². The lowest BCUT2D eigenvalue weighted by molar-refractivity contribution is 1.02. The van der Waals surface area contributed by atoms with Gasteiger partial charge in [-0.15, -0.1) is 0 Å². The highest BCUT2D eigenvalue weighted by Crippen LogP contribution is 2.26. The topological polar surface area (TPSA) is 58.6 Å². The first-order chi connectivity index (χ1) is 8.24. The van der Waals surface area contributed by atoms with Gasteiger partial charge in [-0.3, -0.25) is 4.79 Å². The van der Waals surface area contributed by atoms with E-state index in [1.807, 2.05) is 25.1 Å². The quantitative estimate of drug-likeness (QED) is 0.833. The number of H-pyrrole nitrogens is 1. The molecular formula is C12H11N3OS. The van der Waals surface area contributed by atoms with Gasteiger partial charge in [0, 0.05) is 22.8 Å². The van der Waals surface area contributed by atoms with E-state index < -0.39 is 0 Å². The summed E-state index contributed by atoms with van der Waals surface area (Å²) >= 11 is 1.72. The van der Waals surface area contributed by atoms with Crippen molar-refractivity contribution in [2.24, 2.45) is 0 Å². The normalized spacial score (nSPS) is 13.7. The highest BCUT2D eigenvalue weighted by Gasteiger charge is 2.18. The first kappa shape index (κ1) is 10.5. The number of aromatic amines is 1. The Balaban J connectivity index is 2.16. The van der Waals surface area contributed by atoms with Crippen LogP contribution in [0.4, 0.5) is 0 Å². The Morgan fingerprint density at radius 3 is 3.00 bits per heavy atom. The molecule has 1 aliphatic rings. The molecule has 0 saturated heterocycles. The zero-order valence-corrected chi connectivity index (χ0v) is 10.2. The fourth-order valence-corrected chi connectivity index (χ4v) is 2.89. The van der Waals surface area contributed by atoms with Crippen LogP contribution in [0.25, 0.3) is 11.5 Å². The second-order valence-electron chi connectivity index (χ2n) is 4.00. The molecule has 0 radical (unpaired) electrons.